The smallest absolute Gasteiger partial charge is 0.346 e. The molecule has 1 aliphatic rings. The van der Waals surface area contributed by atoms with Crippen LogP contribution in [0.3, 0.4) is 0 Å². The van der Waals surface area contributed by atoms with E-state index < -0.39 is 22.6 Å². The highest BCUT2D eigenvalue weighted by molar-refractivity contribution is 5.75. The Bertz CT molecular complexity index is 655. The molecule has 1 aliphatic carbocycles. The van der Waals surface area contributed by atoms with Gasteiger partial charge in [0.05, 0.1) is 5.41 Å². The van der Waals surface area contributed by atoms with Crippen molar-refractivity contribution in [3.63, 3.8) is 0 Å². The lowest BCUT2D eigenvalue weighted by molar-refractivity contribution is -0.150. The minimum absolute atomic E-state index is 0.00537. The number of carbonyl (C=O) groups is 1. The summed E-state index contributed by atoms with van der Waals surface area (Å²) in [5.74, 6) is -0.845. The van der Waals surface area contributed by atoms with Gasteiger partial charge in [-0.1, -0.05) is 19.3 Å². The number of anilines is 1. The lowest BCUT2D eigenvalue weighted by Crippen LogP contribution is -2.43. The molecule has 0 unspecified atom stereocenters. The number of nitrogens with zero attached hydrogens (tertiary/aromatic N) is 3. The minimum atomic E-state index is -0.861. The van der Waals surface area contributed by atoms with Crippen LogP contribution >= 0.6 is 0 Å². The number of rotatable bonds is 4. The molecule has 0 aromatic carbocycles. The zero-order valence-electron chi connectivity index (χ0n) is 12.3. The normalized spacial score (nSPS) is 17.4. The van der Waals surface area contributed by atoms with E-state index in [0.29, 0.717) is 12.8 Å². The molecule has 21 heavy (non-hydrogen) atoms. The Morgan fingerprint density at radius 2 is 1.90 bits per heavy atom. The number of aliphatic carboxylic acids is 1. The van der Waals surface area contributed by atoms with Crippen molar-refractivity contribution in [1.82, 2.24) is 14.3 Å². The molecule has 0 radical (unpaired) electrons. The van der Waals surface area contributed by atoms with Crippen LogP contribution in [-0.2, 0) is 18.9 Å². The van der Waals surface area contributed by atoms with Gasteiger partial charge in [-0.05, 0) is 12.8 Å². The van der Waals surface area contributed by atoms with Crippen molar-refractivity contribution in [3.8, 4) is 0 Å². The molecule has 2 N–H and O–H groups in total. The lowest BCUT2D eigenvalue weighted by atomic mass is 9.74. The number of hydrogen-bond donors (Lipinski definition) is 2. The molecule has 1 saturated carbocycles. The molecule has 0 atom stereocenters. The zero-order chi connectivity index (χ0) is 15.6. The second-order valence-electron chi connectivity index (χ2n) is 5.62. The van der Waals surface area contributed by atoms with Crippen LogP contribution in [0.1, 0.15) is 32.1 Å². The molecule has 8 heteroatoms. The van der Waals surface area contributed by atoms with Gasteiger partial charge in [-0.3, -0.25) is 14.2 Å². The van der Waals surface area contributed by atoms with Gasteiger partial charge < -0.3 is 10.4 Å². The number of carboxylic acid groups (broad SMARTS) is 1. The molecule has 1 heterocycles. The van der Waals surface area contributed by atoms with E-state index in [-0.39, 0.29) is 12.4 Å². The van der Waals surface area contributed by atoms with E-state index >= 15 is 0 Å². The van der Waals surface area contributed by atoms with Gasteiger partial charge in [0.15, 0.2) is 0 Å². The number of nitrogens with one attached hydrogen (secondary N) is 1. The van der Waals surface area contributed by atoms with E-state index in [1.165, 1.54) is 14.1 Å². The molecule has 0 saturated heterocycles. The highest BCUT2D eigenvalue weighted by atomic mass is 16.4. The van der Waals surface area contributed by atoms with Gasteiger partial charge in [0, 0.05) is 20.6 Å². The van der Waals surface area contributed by atoms with Gasteiger partial charge in [0.25, 0.3) is 5.56 Å². The topological polar surface area (TPSA) is 106 Å². The maximum atomic E-state index is 12.0. The van der Waals surface area contributed by atoms with E-state index in [9.17, 15) is 19.5 Å². The van der Waals surface area contributed by atoms with Crippen molar-refractivity contribution >= 4 is 11.8 Å². The Kier molecular flexibility index (Phi) is 4.15. The fourth-order valence-corrected chi connectivity index (χ4v) is 2.76. The molecule has 1 fully saturated rings. The van der Waals surface area contributed by atoms with Crippen molar-refractivity contribution in [2.24, 2.45) is 19.5 Å². The molecule has 1 aromatic heterocycles. The first kappa shape index (κ1) is 15.3. The Balaban J connectivity index is 2.25. The van der Waals surface area contributed by atoms with Crippen LogP contribution in [0.15, 0.2) is 9.59 Å². The summed E-state index contributed by atoms with van der Waals surface area (Å²) in [6.45, 7) is 0.142. The largest absolute Gasteiger partial charge is 0.481 e. The van der Waals surface area contributed by atoms with E-state index in [4.69, 9.17) is 0 Å². The van der Waals surface area contributed by atoms with Crippen LogP contribution in [-0.4, -0.2) is 32.0 Å². The Hall–Kier alpha value is -2.12. The number of aromatic nitrogens is 3. The van der Waals surface area contributed by atoms with Crippen molar-refractivity contribution < 1.29 is 9.90 Å². The number of aryl methyl sites for hydroxylation is 1. The first-order chi connectivity index (χ1) is 9.87. The first-order valence-electron chi connectivity index (χ1n) is 6.99. The minimum Gasteiger partial charge on any atom is -0.481 e. The summed E-state index contributed by atoms with van der Waals surface area (Å²) in [6, 6.07) is 0. The molecule has 1 aromatic rings. The Labute approximate surface area is 121 Å². The summed E-state index contributed by atoms with van der Waals surface area (Å²) in [5, 5.41) is 16.2. The van der Waals surface area contributed by atoms with E-state index in [2.05, 4.69) is 10.4 Å². The summed E-state index contributed by atoms with van der Waals surface area (Å²) in [4.78, 5) is 35.1. The predicted octanol–water partition coefficient (Wildman–Crippen LogP) is -0.0740. The summed E-state index contributed by atoms with van der Waals surface area (Å²) in [6.07, 6.45) is 3.94. The van der Waals surface area contributed by atoms with Crippen LogP contribution in [0.5, 0.6) is 0 Å². The summed E-state index contributed by atoms with van der Waals surface area (Å²) in [7, 11) is 2.81. The van der Waals surface area contributed by atoms with Crippen LogP contribution in [0.2, 0.25) is 0 Å². The highest BCUT2D eigenvalue weighted by Crippen LogP contribution is 2.36. The van der Waals surface area contributed by atoms with Crippen LogP contribution in [0.4, 0.5) is 5.82 Å². The SMILES string of the molecule is Cn1nc(NCC2(C(=O)O)CCCCC2)c(=O)n(C)c1=O. The fraction of sp³-hybridized carbons (Fsp3) is 0.692. The van der Waals surface area contributed by atoms with Crippen molar-refractivity contribution in [1.29, 1.82) is 0 Å². The summed E-state index contributed by atoms with van der Waals surface area (Å²) in [5.41, 5.74) is -1.93. The van der Waals surface area contributed by atoms with Crippen molar-refractivity contribution in [2.45, 2.75) is 32.1 Å². The maximum Gasteiger partial charge on any atom is 0.346 e. The molecule has 2 rings (SSSR count). The first-order valence-corrected chi connectivity index (χ1v) is 6.99. The Morgan fingerprint density at radius 1 is 1.29 bits per heavy atom. The number of hydrogen-bond acceptors (Lipinski definition) is 5. The van der Waals surface area contributed by atoms with Crippen LogP contribution in [0, 0.1) is 5.41 Å². The number of carboxylic acids is 1. The zero-order valence-corrected chi connectivity index (χ0v) is 12.3. The molecular weight excluding hydrogens is 276 g/mol. The predicted molar refractivity (Wildman–Crippen MR) is 76.4 cm³/mol. The monoisotopic (exact) mass is 296 g/mol. The fourth-order valence-electron chi connectivity index (χ4n) is 2.76. The quantitative estimate of drug-likeness (QED) is 0.805. The molecule has 0 aliphatic heterocycles. The molecular formula is C13H20N4O4. The third-order valence-corrected chi connectivity index (χ3v) is 4.18. The summed E-state index contributed by atoms with van der Waals surface area (Å²) >= 11 is 0. The van der Waals surface area contributed by atoms with Crippen molar-refractivity contribution in [2.75, 3.05) is 11.9 Å². The molecule has 0 spiro atoms. The Morgan fingerprint density at radius 3 is 2.48 bits per heavy atom. The molecule has 0 bridgehead atoms. The average molecular weight is 296 g/mol. The third kappa shape index (κ3) is 2.84. The van der Waals surface area contributed by atoms with Gasteiger partial charge in [-0.2, -0.15) is 0 Å². The van der Waals surface area contributed by atoms with E-state index in [0.717, 1.165) is 28.5 Å². The van der Waals surface area contributed by atoms with Gasteiger partial charge in [0.2, 0.25) is 5.82 Å². The van der Waals surface area contributed by atoms with Crippen molar-refractivity contribution in [3.05, 3.63) is 20.8 Å². The third-order valence-electron chi connectivity index (χ3n) is 4.18. The maximum absolute atomic E-state index is 12.0. The van der Waals surface area contributed by atoms with Crippen LogP contribution in [0.25, 0.3) is 0 Å². The lowest BCUT2D eigenvalue weighted by Gasteiger charge is -2.33. The summed E-state index contributed by atoms with van der Waals surface area (Å²) < 4.78 is 2.00. The highest BCUT2D eigenvalue weighted by Gasteiger charge is 2.39. The standard InChI is InChI=1S/C13H20N4O4/c1-16-10(18)9(15-17(2)12(16)21)14-8-13(11(19)20)6-4-3-5-7-13/h3-8H2,1-2H3,(H,14,15)(H,19,20). The second kappa shape index (κ2) is 5.71. The van der Waals surface area contributed by atoms with Gasteiger partial charge >= 0.3 is 11.7 Å². The van der Waals surface area contributed by atoms with Gasteiger partial charge in [0.1, 0.15) is 0 Å². The van der Waals surface area contributed by atoms with Gasteiger partial charge in [-0.25, -0.2) is 9.48 Å². The molecule has 8 nitrogen and oxygen atoms in total. The molecule has 116 valence electrons. The van der Waals surface area contributed by atoms with E-state index in [1.807, 2.05) is 0 Å². The van der Waals surface area contributed by atoms with E-state index in [1.54, 1.807) is 0 Å². The van der Waals surface area contributed by atoms with Gasteiger partial charge in [-0.15, -0.1) is 5.10 Å². The average Bonchev–Trinajstić information content (AvgIpc) is 2.48. The van der Waals surface area contributed by atoms with Crippen LogP contribution < -0.4 is 16.6 Å². The molecule has 0 amide bonds. The second-order valence-corrected chi connectivity index (χ2v) is 5.62.